The first-order valence-corrected chi connectivity index (χ1v) is 19.1. The third-order valence-electron chi connectivity index (χ3n) is 4.49. The summed E-state index contributed by atoms with van der Waals surface area (Å²) in [5, 5.41) is 40.9. The van der Waals surface area contributed by atoms with Crippen LogP contribution in [0.2, 0.25) is 0 Å². The predicted octanol–water partition coefficient (Wildman–Crippen LogP) is -12.5. The Morgan fingerprint density at radius 1 is 0.393 bits per heavy atom. The van der Waals surface area contributed by atoms with Gasteiger partial charge in [-0.2, -0.15) is 34.4 Å². The van der Waals surface area contributed by atoms with Crippen molar-refractivity contribution in [3.63, 3.8) is 0 Å². The molecule has 0 saturated carbocycles. The molecule has 16 nitrogen and oxygen atoms in total. The van der Waals surface area contributed by atoms with E-state index in [9.17, 15) is 89.2 Å². The zero-order valence-corrected chi connectivity index (χ0v) is 34.6. The first-order valence-electron chi connectivity index (χ1n) is 12.5. The van der Waals surface area contributed by atoms with Gasteiger partial charge in [0, 0.05) is 11.1 Å². The van der Waals surface area contributed by atoms with Crippen molar-refractivity contribution < 1.29 is 165 Å². The van der Waals surface area contributed by atoms with Gasteiger partial charge in [0.2, 0.25) is 20.0 Å². The Balaban J connectivity index is -0.000000155. The summed E-state index contributed by atoms with van der Waals surface area (Å²) in [4.78, 5) is -3.84. The summed E-state index contributed by atoms with van der Waals surface area (Å²) in [7, 11) is -17.2. The summed E-state index contributed by atoms with van der Waals surface area (Å²) in [5.74, 6) is -19.8. The van der Waals surface area contributed by atoms with Crippen LogP contribution >= 0.6 is 0 Å². The van der Waals surface area contributed by atoms with Gasteiger partial charge in [-0.05, 0) is 65.1 Å². The van der Waals surface area contributed by atoms with Gasteiger partial charge in [-0.3, -0.25) is 0 Å². The molecule has 0 atom stereocenters. The number of hydrogen-bond donors (Lipinski definition) is 0. The van der Waals surface area contributed by atoms with Crippen molar-refractivity contribution >= 4 is 63.7 Å². The normalized spacial score (nSPS) is 12.3. The van der Waals surface area contributed by atoms with Crippen LogP contribution in [0.25, 0.3) is 0 Å². The van der Waals surface area contributed by atoms with Crippen LogP contribution in [-0.2, 0) is 40.1 Å². The van der Waals surface area contributed by atoms with E-state index < -0.39 is 131 Å². The molecule has 0 bridgehead atoms. The minimum atomic E-state index is -5.14. The van der Waals surface area contributed by atoms with E-state index in [1.54, 1.807) is 0 Å². The fraction of sp³-hybridized carbons (Fsp3) is 0.333. The van der Waals surface area contributed by atoms with Crippen LogP contribution < -0.4 is 95.9 Å². The molecule has 0 aliphatic rings. The molecule has 0 N–H and O–H groups in total. The molecule has 32 heteroatoms. The molecule has 2 rings (SSSR count). The van der Waals surface area contributed by atoms with Crippen LogP contribution in [0.4, 0.5) is 35.1 Å². The van der Waals surface area contributed by atoms with Crippen LogP contribution in [0.3, 0.4) is 0 Å². The fourth-order valence-corrected chi connectivity index (χ4v) is 5.85. The molecule has 0 unspecified atom stereocenters. The minimum absolute atomic E-state index is 0. The molecular formula is C24H24F8Li4N4O12S4. The number of rotatable bonds is 6. The molecular weight excluding hydrogens is 844 g/mol. The molecule has 0 aliphatic heterocycles. The van der Waals surface area contributed by atoms with Gasteiger partial charge >= 0.3 is 75.4 Å². The van der Waals surface area contributed by atoms with Crippen molar-refractivity contribution in [1.29, 1.82) is 0 Å². The van der Waals surface area contributed by atoms with E-state index in [0.717, 1.165) is 40.2 Å². The Labute approximate surface area is 364 Å². The number of sulfonamides is 4. The van der Waals surface area contributed by atoms with E-state index in [1.807, 2.05) is 0 Å². The standard InChI is InChI=1S/2C9H7F4NO3S.2C3H7NO3S.4Li/c2*1-3-5(10)7(12)9(8(13)6(3)11)18(16,17)14-4(2)15;2*1-3(5)4-8(2,6)7;;;;/h2*1-2H3,(H,14,15);2*1-2H3,(H,4,5);;;;/q;;;;4*+1/p-4. The quantitative estimate of drug-likeness (QED) is 0.0861. The Hall–Kier alpha value is -2.05. The number of nitrogens with zero attached hydrogens (tertiary/aromatic N) is 4. The number of hydrogen-bond acceptors (Lipinski definition) is 12. The second-order valence-electron chi connectivity index (χ2n) is 9.28. The molecule has 0 amide bonds. The summed E-state index contributed by atoms with van der Waals surface area (Å²) >= 11 is 0. The van der Waals surface area contributed by atoms with E-state index >= 15 is 0 Å². The Morgan fingerprint density at radius 3 is 0.661 bits per heavy atom. The van der Waals surface area contributed by atoms with Crippen molar-refractivity contribution in [3.05, 3.63) is 57.7 Å². The summed E-state index contributed by atoms with van der Waals surface area (Å²) in [6.07, 6.45) is 1.74. The van der Waals surface area contributed by atoms with E-state index in [2.05, 4.69) is 17.6 Å². The maximum Gasteiger partial charge on any atom is 1.00 e. The Morgan fingerprint density at radius 2 is 0.554 bits per heavy atom. The number of benzene rings is 2. The molecule has 2 aromatic carbocycles. The van der Waals surface area contributed by atoms with Crippen LogP contribution in [0.1, 0.15) is 38.8 Å². The van der Waals surface area contributed by atoms with Crippen LogP contribution in [0.5, 0.6) is 0 Å². The van der Waals surface area contributed by atoms with Crippen molar-refractivity contribution in [2.24, 2.45) is 17.6 Å². The smallest absolute Gasteiger partial charge is 0.861 e. The fourth-order valence-electron chi connectivity index (χ4n) is 2.79. The first-order chi connectivity index (χ1) is 23.0. The Bertz CT molecular complexity index is 2050. The number of halogens is 8. The average molecular weight is 868 g/mol. The zero-order valence-electron chi connectivity index (χ0n) is 31.3. The first kappa shape index (κ1) is 65.8. The van der Waals surface area contributed by atoms with E-state index in [1.165, 1.54) is 0 Å². The molecule has 56 heavy (non-hydrogen) atoms. The molecule has 0 heterocycles. The zero-order chi connectivity index (χ0) is 42.1. The minimum Gasteiger partial charge on any atom is -0.861 e. The van der Waals surface area contributed by atoms with Crippen LogP contribution in [0.15, 0.2) is 27.4 Å². The topological polar surface area (TPSA) is 278 Å². The van der Waals surface area contributed by atoms with Gasteiger partial charge in [0.15, 0.2) is 56.3 Å². The molecule has 0 aliphatic carbocycles. The molecule has 0 radical (unpaired) electrons. The maximum atomic E-state index is 13.3. The summed E-state index contributed by atoms with van der Waals surface area (Å²) in [6, 6.07) is 0. The van der Waals surface area contributed by atoms with Crippen molar-refractivity contribution in [3.8, 4) is 0 Å². The van der Waals surface area contributed by atoms with Gasteiger partial charge in [-0.1, -0.05) is 0 Å². The monoisotopic (exact) mass is 868 g/mol. The molecule has 0 aromatic heterocycles. The summed E-state index contributed by atoms with van der Waals surface area (Å²) in [6.45, 7) is 5.04. The predicted molar refractivity (Wildman–Crippen MR) is 159 cm³/mol. The van der Waals surface area contributed by atoms with Crippen molar-refractivity contribution in [2.75, 3.05) is 12.5 Å². The van der Waals surface area contributed by atoms with Crippen molar-refractivity contribution in [2.45, 2.75) is 51.3 Å². The molecule has 296 valence electrons. The molecule has 0 spiro atoms. The Kier molecular flexibility index (Phi) is 30.7. The van der Waals surface area contributed by atoms with Crippen LogP contribution in [0, 0.1) is 60.4 Å². The van der Waals surface area contributed by atoms with E-state index in [-0.39, 0.29) is 75.4 Å². The van der Waals surface area contributed by atoms with Gasteiger partial charge in [0.05, 0.1) is 12.5 Å². The van der Waals surface area contributed by atoms with Crippen molar-refractivity contribution in [1.82, 2.24) is 0 Å². The van der Waals surface area contributed by atoms with Gasteiger partial charge in [-0.15, -0.1) is 0 Å². The average Bonchev–Trinajstić information content (AvgIpc) is 2.89. The SMILES string of the molecule is CC([O-])=NS(=O)(=O)c1c(F)c(F)c(C)c(F)c1F.CC([O-])=NS(=O)(=O)c1c(F)c(F)c(C)c(F)c1F.CC([O-])=NS(C)(=O)=O.CC([O-])=NS(C)(=O)=O.[Li+].[Li+].[Li+].[Li+]. The molecule has 0 saturated heterocycles. The maximum absolute atomic E-state index is 13.3. The molecule has 2 aromatic rings. The van der Waals surface area contributed by atoms with Gasteiger partial charge < -0.3 is 20.4 Å². The van der Waals surface area contributed by atoms with Crippen LogP contribution in [-0.4, -0.2) is 69.8 Å². The van der Waals surface area contributed by atoms with E-state index in [4.69, 9.17) is 0 Å². The molecule has 0 fully saturated rings. The second-order valence-corrected chi connectivity index (χ2v) is 15.7. The summed E-state index contributed by atoms with van der Waals surface area (Å²) in [5.41, 5.74) is -2.02. The van der Waals surface area contributed by atoms with E-state index in [0.29, 0.717) is 13.8 Å². The van der Waals surface area contributed by atoms with Gasteiger partial charge in [0.1, 0.15) is 0 Å². The van der Waals surface area contributed by atoms with Gasteiger partial charge in [-0.25, -0.2) is 52.0 Å². The third kappa shape index (κ3) is 22.2. The largest absolute Gasteiger partial charge is 1.00 e. The second kappa shape index (κ2) is 26.1. The third-order valence-corrected chi connectivity index (χ3v) is 8.41. The van der Waals surface area contributed by atoms with Gasteiger partial charge in [0.25, 0.3) is 20.0 Å². The summed E-state index contributed by atoms with van der Waals surface area (Å²) < 4.78 is 202.